The Morgan fingerprint density at radius 3 is 2.71 bits per heavy atom. The quantitative estimate of drug-likeness (QED) is 0.703. The van der Waals surface area contributed by atoms with E-state index in [9.17, 15) is 0 Å². The van der Waals surface area contributed by atoms with Crippen LogP contribution in [0.25, 0.3) is 0 Å². The summed E-state index contributed by atoms with van der Waals surface area (Å²) in [6, 6.07) is 0.609. The molecule has 0 aliphatic heterocycles. The van der Waals surface area contributed by atoms with E-state index in [1.165, 1.54) is 0 Å². The molecule has 0 aliphatic carbocycles. The highest BCUT2D eigenvalue weighted by Gasteiger charge is 2.04. The monoisotopic (exact) mass is 195 g/mol. The van der Waals surface area contributed by atoms with Crippen molar-refractivity contribution in [2.75, 3.05) is 6.54 Å². The van der Waals surface area contributed by atoms with Crippen molar-refractivity contribution in [3.05, 3.63) is 18.7 Å². The van der Waals surface area contributed by atoms with Crippen LogP contribution in [0.1, 0.15) is 27.2 Å². The summed E-state index contributed by atoms with van der Waals surface area (Å²) in [5.74, 6) is 0.711. The Kier molecular flexibility index (Phi) is 4.66. The molecule has 1 aromatic heterocycles. The van der Waals surface area contributed by atoms with Crippen LogP contribution < -0.4 is 5.32 Å². The van der Waals surface area contributed by atoms with Gasteiger partial charge >= 0.3 is 0 Å². The number of aryl methyl sites for hydroxylation is 1. The molecule has 0 radical (unpaired) electrons. The van der Waals surface area contributed by atoms with Gasteiger partial charge in [0.05, 0.1) is 6.33 Å². The number of nitrogens with one attached hydrogen (secondary N) is 1. The highest BCUT2D eigenvalue weighted by atomic mass is 15.0. The zero-order valence-electron chi connectivity index (χ0n) is 9.40. The molecule has 0 fully saturated rings. The predicted molar refractivity (Wildman–Crippen MR) is 59.1 cm³/mol. The first kappa shape index (κ1) is 11.2. The summed E-state index contributed by atoms with van der Waals surface area (Å²) in [7, 11) is 0. The number of aromatic nitrogens is 2. The maximum Gasteiger partial charge on any atom is 0.0945 e. The second-order valence-electron chi connectivity index (χ2n) is 4.14. The van der Waals surface area contributed by atoms with Crippen molar-refractivity contribution in [2.45, 2.75) is 39.8 Å². The van der Waals surface area contributed by atoms with E-state index in [0.717, 1.165) is 19.5 Å². The van der Waals surface area contributed by atoms with Crippen molar-refractivity contribution in [1.82, 2.24) is 14.9 Å². The summed E-state index contributed by atoms with van der Waals surface area (Å²) < 4.78 is 2.11. The van der Waals surface area contributed by atoms with E-state index >= 15 is 0 Å². The third kappa shape index (κ3) is 3.92. The van der Waals surface area contributed by atoms with Crippen LogP contribution in [0.15, 0.2) is 18.7 Å². The number of imidazole rings is 1. The fourth-order valence-electron chi connectivity index (χ4n) is 1.25. The molecule has 1 atom stereocenters. The fraction of sp³-hybridized carbons (Fsp3) is 0.727. The SMILES string of the molecule is CC(C)C(C)NCCCn1ccnc1. The first-order valence-corrected chi connectivity index (χ1v) is 5.39. The van der Waals surface area contributed by atoms with E-state index in [1.54, 1.807) is 0 Å². The molecule has 3 nitrogen and oxygen atoms in total. The Labute approximate surface area is 86.5 Å². The Morgan fingerprint density at radius 1 is 1.36 bits per heavy atom. The number of rotatable bonds is 6. The van der Waals surface area contributed by atoms with E-state index in [4.69, 9.17) is 0 Å². The smallest absolute Gasteiger partial charge is 0.0945 e. The maximum absolute atomic E-state index is 4.01. The van der Waals surface area contributed by atoms with Gasteiger partial charge in [-0.25, -0.2) is 4.98 Å². The minimum atomic E-state index is 0.609. The Bertz CT molecular complexity index is 229. The molecule has 0 amide bonds. The van der Waals surface area contributed by atoms with Crippen LogP contribution in [0.4, 0.5) is 0 Å². The van der Waals surface area contributed by atoms with Gasteiger partial charge in [0.15, 0.2) is 0 Å². The van der Waals surface area contributed by atoms with Crippen molar-refractivity contribution >= 4 is 0 Å². The Hall–Kier alpha value is -0.830. The average Bonchev–Trinajstić information content (AvgIpc) is 2.64. The molecule has 0 spiro atoms. The first-order valence-electron chi connectivity index (χ1n) is 5.39. The summed E-state index contributed by atoms with van der Waals surface area (Å²) in [6.45, 7) is 8.86. The van der Waals surface area contributed by atoms with Crippen LogP contribution in [0.3, 0.4) is 0 Å². The third-order valence-electron chi connectivity index (χ3n) is 2.62. The molecule has 0 aliphatic rings. The van der Waals surface area contributed by atoms with Crippen molar-refractivity contribution < 1.29 is 0 Å². The van der Waals surface area contributed by atoms with E-state index in [0.29, 0.717) is 12.0 Å². The highest BCUT2D eigenvalue weighted by Crippen LogP contribution is 1.99. The molecule has 1 heterocycles. The van der Waals surface area contributed by atoms with Crippen LogP contribution in [0.2, 0.25) is 0 Å². The van der Waals surface area contributed by atoms with Crippen LogP contribution in [-0.4, -0.2) is 22.1 Å². The maximum atomic E-state index is 4.01. The molecule has 1 N–H and O–H groups in total. The molecule has 0 saturated heterocycles. The molecule has 1 aromatic rings. The largest absolute Gasteiger partial charge is 0.337 e. The van der Waals surface area contributed by atoms with Gasteiger partial charge in [0.1, 0.15) is 0 Å². The second kappa shape index (κ2) is 5.81. The normalized spacial score (nSPS) is 13.4. The van der Waals surface area contributed by atoms with E-state index in [1.807, 2.05) is 18.7 Å². The molecule has 3 heteroatoms. The van der Waals surface area contributed by atoms with Gasteiger partial charge in [-0.1, -0.05) is 13.8 Å². The lowest BCUT2D eigenvalue weighted by atomic mass is 10.1. The van der Waals surface area contributed by atoms with Gasteiger partial charge in [-0.05, 0) is 25.8 Å². The molecule has 1 rings (SSSR count). The third-order valence-corrected chi connectivity index (χ3v) is 2.62. The van der Waals surface area contributed by atoms with Crippen molar-refractivity contribution in [2.24, 2.45) is 5.92 Å². The second-order valence-corrected chi connectivity index (χ2v) is 4.14. The van der Waals surface area contributed by atoms with Crippen molar-refractivity contribution in [1.29, 1.82) is 0 Å². The molecular weight excluding hydrogens is 174 g/mol. The molecule has 0 saturated carbocycles. The minimum absolute atomic E-state index is 0.609. The molecule has 1 unspecified atom stereocenters. The van der Waals surface area contributed by atoms with Gasteiger partial charge in [-0.15, -0.1) is 0 Å². The minimum Gasteiger partial charge on any atom is -0.337 e. The van der Waals surface area contributed by atoms with E-state index < -0.39 is 0 Å². The molecule has 0 bridgehead atoms. The van der Waals surface area contributed by atoms with Gasteiger partial charge in [0, 0.05) is 25.0 Å². The Balaban J connectivity index is 2.05. The zero-order valence-corrected chi connectivity index (χ0v) is 9.40. The van der Waals surface area contributed by atoms with Crippen molar-refractivity contribution in [3.63, 3.8) is 0 Å². The number of hydrogen-bond donors (Lipinski definition) is 1. The lowest BCUT2D eigenvalue weighted by Gasteiger charge is -2.17. The van der Waals surface area contributed by atoms with Gasteiger partial charge in [-0.2, -0.15) is 0 Å². The van der Waals surface area contributed by atoms with Crippen LogP contribution in [0, 0.1) is 5.92 Å². The topological polar surface area (TPSA) is 29.9 Å². The zero-order chi connectivity index (χ0) is 10.4. The van der Waals surface area contributed by atoms with E-state index in [-0.39, 0.29) is 0 Å². The van der Waals surface area contributed by atoms with Gasteiger partial charge in [0.2, 0.25) is 0 Å². The summed E-state index contributed by atoms with van der Waals surface area (Å²) in [5.41, 5.74) is 0. The first-order chi connectivity index (χ1) is 6.70. The summed E-state index contributed by atoms with van der Waals surface area (Å²) in [4.78, 5) is 4.01. The van der Waals surface area contributed by atoms with Crippen LogP contribution >= 0.6 is 0 Å². The molecule has 80 valence electrons. The highest BCUT2D eigenvalue weighted by molar-refractivity contribution is 4.74. The van der Waals surface area contributed by atoms with Crippen LogP contribution in [0.5, 0.6) is 0 Å². The predicted octanol–water partition coefficient (Wildman–Crippen LogP) is 1.91. The fourth-order valence-corrected chi connectivity index (χ4v) is 1.25. The standard InChI is InChI=1S/C11H21N3/c1-10(2)11(3)13-5-4-7-14-8-6-12-9-14/h6,8-11,13H,4-5,7H2,1-3H3. The molecule has 14 heavy (non-hydrogen) atoms. The molecule has 0 aromatic carbocycles. The lowest BCUT2D eigenvalue weighted by molar-refractivity contribution is 0.417. The summed E-state index contributed by atoms with van der Waals surface area (Å²) in [5, 5.41) is 3.51. The number of hydrogen-bond acceptors (Lipinski definition) is 2. The van der Waals surface area contributed by atoms with Gasteiger partial charge in [0.25, 0.3) is 0 Å². The Morgan fingerprint density at radius 2 is 2.14 bits per heavy atom. The van der Waals surface area contributed by atoms with E-state index in [2.05, 4.69) is 35.6 Å². The van der Waals surface area contributed by atoms with Crippen molar-refractivity contribution in [3.8, 4) is 0 Å². The summed E-state index contributed by atoms with van der Waals surface area (Å²) in [6.07, 6.45) is 6.86. The van der Waals surface area contributed by atoms with Gasteiger partial charge < -0.3 is 9.88 Å². The number of nitrogens with zero attached hydrogens (tertiary/aromatic N) is 2. The van der Waals surface area contributed by atoms with Crippen LogP contribution in [-0.2, 0) is 6.54 Å². The molecular formula is C11H21N3. The summed E-state index contributed by atoms with van der Waals surface area (Å²) >= 11 is 0. The lowest BCUT2D eigenvalue weighted by Crippen LogP contribution is -2.31. The average molecular weight is 195 g/mol. The van der Waals surface area contributed by atoms with Gasteiger partial charge in [-0.3, -0.25) is 0 Å².